The molecule has 0 bridgehead atoms. The van der Waals surface area contributed by atoms with E-state index in [-0.39, 0.29) is 19.1 Å². The summed E-state index contributed by atoms with van der Waals surface area (Å²) in [6.07, 6.45) is 1.88. The van der Waals surface area contributed by atoms with Crippen molar-refractivity contribution >= 4 is 5.91 Å². The second-order valence-electron chi connectivity index (χ2n) is 9.20. The van der Waals surface area contributed by atoms with Crippen LogP contribution < -0.4 is 9.47 Å². The van der Waals surface area contributed by atoms with Gasteiger partial charge in [-0.2, -0.15) is 0 Å². The molecule has 2 saturated heterocycles. The summed E-state index contributed by atoms with van der Waals surface area (Å²) in [5.74, 6) is 0.903. The normalized spacial score (nSPS) is 23.3. The van der Waals surface area contributed by atoms with Crippen molar-refractivity contribution in [1.82, 2.24) is 9.80 Å². The molecule has 0 spiro atoms. The highest BCUT2D eigenvalue weighted by molar-refractivity contribution is 5.77. The minimum Gasteiger partial charge on any atom is -0.494 e. The molecule has 7 nitrogen and oxygen atoms in total. The number of nitrogens with zero attached hydrogens (tertiary/aromatic N) is 2. The van der Waals surface area contributed by atoms with Crippen LogP contribution in [0.2, 0.25) is 0 Å². The van der Waals surface area contributed by atoms with Crippen molar-refractivity contribution in [2.24, 2.45) is 0 Å². The molecule has 184 valence electrons. The molecule has 2 heterocycles. The van der Waals surface area contributed by atoms with Gasteiger partial charge in [-0.1, -0.05) is 18.2 Å². The molecule has 2 aromatic rings. The second kappa shape index (κ2) is 11.2. The van der Waals surface area contributed by atoms with Gasteiger partial charge in [0.05, 0.1) is 12.7 Å². The molecule has 8 heteroatoms. The Morgan fingerprint density at radius 3 is 2.65 bits per heavy atom. The van der Waals surface area contributed by atoms with Gasteiger partial charge in [0.2, 0.25) is 5.91 Å². The van der Waals surface area contributed by atoms with Crippen LogP contribution in [-0.2, 0) is 11.3 Å². The SMILES string of the molecule is O=C1CCCN1CCCOc1cccc(CN2CC[C@H](O)[C@@](O)(COc3cccc(F)c3)C2)c1. The van der Waals surface area contributed by atoms with Gasteiger partial charge in [-0.25, -0.2) is 4.39 Å². The maximum Gasteiger partial charge on any atom is 0.222 e. The van der Waals surface area contributed by atoms with E-state index >= 15 is 0 Å². The van der Waals surface area contributed by atoms with Crippen LogP contribution in [0.5, 0.6) is 11.5 Å². The van der Waals surface area contributed by atoms with Gasteiger partial charge in [0, 0.05) is 45.2 Å². The van der Waals surface area contributed by atoms with Crippen LogP contribution in [0, 0.1) is 5.82 Å². The number of carbonyl (C=O) groups is 1. The summed E-state index contributed by atoms with van der Waals surface area (Å²) in [5, 5.41) is 21.5. The standard InChI is InChI=1S/C26H33FN2O5/c27-21-6-2-8-23(16-21)34-19-26(32)18-28(13-10-24(26)30)17-20-5-1-7-22(15-20)33-14-4-12-29-11-3-9-25(29)31/h1-2,5-8,15-16,24,30,32H,3-4,9-14,17-19H2/t24-,26-/m0/s1. The minimum absolute atomic E-state index is 0.128. The topological polar surface area (TPSA) is 82.5 Å². The maximum absolute atomic E-state index is 13.4. The van der Waals surface area contributed by atoms with E-state index in [1.807, 2.05) is 29.2 Å². The summed E-state index contributed by atoms with van der Waals surface area (Å²) in [7, 11) is 0. The highest BCUT2D eigenvalue weighted by Gasteiger charge is 2.42. The van der Waals surface area contributed by atoms with Crippen molar-refractivity contribution in [3.8, 4) is 11.5 Å². The summed E-state index contributed by atoms with van der Waals surface area (Å²) < 4.78 is 24.9. The molecule has 2 aromatic carbocycles. The molecule has 4 rings (SSSR count). The molecule has 0 radical (unpaired) electrons. The van der Waals surface area contributed by atoms with E-state index in [1.54, 1.807) is 12.1 Å². The number of aliphatic hydroxyl groups excluding tert-OH is 1. The zero-order chi connectivity index (χ0) is 24.0. The Balaban J connectivity index is 1.27. The minimum atomic E-state index is -1.45. The lowest BCUT2D eigenvalue weighted by Gasteiger charge is -2.42. The van der Waals surface area contributed by atoms with Crippen molar-refractivity contribution in [2.45, 2.75) is 43.9 Å². The van der Waals surface area contributed by atoms with Crippen molar-refractivity contribution in [3.05, 3.63) is 59.9 Å². The summed E-state index contributed by atoms with van der Waals surface area (Å²) >= 11 is 0. The predicted octanol–water partition coefficient (Wildman–Crippen LogP) is 2.59. The number of piperidine rings is 1. The Labute approximate surface area is 199 Å². The number of ether oxygens (including phenoxy) is 2. The first-order valence-corrected chi connectivity index (χ1v) is 11.9. The van der Waals surface area contributed by atoms with Gasteiger partial charge >= 0.3 is 0 Å². The first-order chi connectivity index (χ1) is 16.4. The van der Waals surface area contributed by atoms with Crippen LogP contribution in [0.25, 0.3) is 0 Å². The average molecular weight is 473 g/mol. The van der Waals surface area contributed by atoms with Crippen LogP contribution in [0.1, 0.15) is 31.2 Å². The smallest absolute Gasteiger partial charge is 0.222 e. The molecule has 2 atom stereocenters. The highest BCUT2D eigenvalue weighted by atomic mass is 19.1. The summed E-state index contributed by atoms with van der Waals surface area (Å²) in [6, 6.07) is 13.6. The van der Waals surface area contributed by atoms with Crippen LogP contribution in [0.15, 0.2) is 48.5 Å². The van der Waals surface area contributed by atoms with E-state index in [9.17, 15) is 19.4 Å². The molecule has 2 aliphatic rings. The number of rotatable bonds is 10. The van der Waals surface area contributed by atoms with E-state index in [4.69, 9.17) is 9.47 Å². The van der Waals surface area contributed by atoms with Gasteiger partial charge in [-0.05, 0) is 49.1 Å². The number of likely N-dealkylation sites (tertiary alicyclic amines) is 2. The average Bonchev–Trinajstić information content (AvgIpc) is 3.23. The van der Waals surface area contributed by atoms with E-state index < -0.39 is 17.5 Å². The molecule has 0 saturated carbocycles. The van der Waals surface area contributed by atoms with Crippen molar-refractivity contribution in [1.29, 1.82) is 0 Å². The fraction of sp³-hybridized carbons (Fsp3) is 0.500. The third kappa shape index (κ3) is 6.46. The molecule has 0 aromatic heterocycles. The number of benzene rings is 2. The molecule has 0 aliphatic carbocycles. The molecule has 2 fully saturated rings. The maximum atomic E-state index is 13.4. The number of halogens is 1. The predicted molar refractivity (Wildman–Crippen MR) is 125 cm³/mol. The summed E-state index contributed by atoms with van der Waals surface area (Å²) in [4.78, 5) is 15.7. The lowest BCUT2D eigenvalue weighted by atomic mass is 9.90. The van der Waals surface area contributed by atoms with Crippen LogP contribution in [0.4, 0.5) is 4.39 Å². The monoisotopic (exact) mass is 472 g/mol. The van der Waals surface area contributed by atoms with Crippen molar-refractivity contribution in [2.75, 3.05) is 39.4 Å². The van der Waals surface area contributed by atoms with Gasteiger partial charge < -0.3 is 24.6 Å². The van der Waals surface area contributed by atoms with E-state index in [0.29, 0.717) is 38.3 Å². The summed E-state index contributed by atoms with van der Waals surface area (Å²) in [5.41, 5.74) is -0.414. The number of amides is 1. The first kappa shape index (κ1) is 24.4. The number of hydrogen-bond acceptors (Lipinski definition) is 6. The van der Waals surface area contributed by atoms with Gasteiger partial charge in [-0.15, -0.1) is 0 Å². The van der Waals surface area contributed by atoms with E-state index in [0.717, 1.165) is 37.2 Å². The lowest BCUT2D eigenvalue weighted by Crippen LogP contribution is -2.59. The number of hydrogen-bond donors (Lipinski definition) is 2. The van der Waals surface area contributed by atoms with Gasteiger partial charge in [0.1, 0.15) is 29.5 Å². The second-order valence-corrected chi connectivity index (χ2v) is 9.20. The molecule has 0 unspecified atom stereocenters. The van der Waals surface area contributed by atoms with Crippen molar-refractivity contribution in [3.63, 3.8) is 0 Å². The Bertz CT molecular complexity index is 974. The number of carbonyl (C=O) groups excluding carboxylic acids is 1. The number of aliphatic hydroxyl groups is 2. The fourth-order valence-electron chi connectivity index (χ4n) is 4.56. The van der Waals surface area contributed by atoms with E-state index in [1.165, 1.54) is 12.1 Å². The Morgan fingerprint density at radius 2 is 1.88 bits per heavy atom. The van der Waals surface area contributed by atoms with Gasteiger partial charge in [-0.3, -0.25) is 9.69 Å². The van der Waals surface area contributed by atoms with Crippen LogP contribution in [-0.4, -0.2) is 77.0 Å². The quantitative estimate of drug-likeness (QED) is 0.518. The lowest BCUT2D eigenvalue weighted by molar-refractivity contribution is -0.140. The Kier molecular flexibility index (Phi) is 8.03. The molecule has 2 N–H and O–H groups in total. The molecule has 1 amide bonds. The largest absolute Gasteiger partial charge is 0.494 e. The molecular weight excluding hydrogens is 439 g/mol. The van der Waals surface area contributed by atoms with Gasteiger partial charge in [0.15, 0.2) is 0 Å². The molecular formula is C26H33FN2O5. The summed E-state index contributed by atoms with van der Waals surface area (Å²) in [6.45, 7) is 3.45. The Hall–Kier alpha value is -2.68. The van der Waals surface area contributed by atoms with E-state index in [2.05, 4.69) is 4.90 Å². The van der Waals surface area contributed by atoms with Gasteiger partial charge in [0.25, 0.3) is 0 Å². The Morgan fingerprint density at radius 1 is 1.09 bits per heavy atom. The first-order valence-electron chi connectivity index (χ1n) is 11.9. The number of β-amino-alcohol motifs (C(OH)–C–C–N with tert-alkyl or cyclic N) is 1. The van der Waals surface area contributed by atoms with Crippen LogP contribution in [0.3, 0.4) is 0 Å². The highest BCUT2D eigenvalue weighted by Crippen LogP contribution is 2.26. The fourth-order valence-corrected chi connectivity index (χ4v) is 4.56. The molecule has 2 aliphatic heterocycles. The van der Waals surface area contributed by atoms with Crippen LogP contribution >= 0.6 is 0 Å². The molecule has 34 heavy (non-hydrogen) atoms. The zero-order valence-corrected chi connectivity index (χ0v) is 19.4. The van der Waals surface area contributed by atoms with Crippen molar-refractivity contribution < 1.29 is 28.9 Å². The third-order valence-electron chi connectivity index (χ3n) is 6.44. The zero-order valence-electron chi connectivity index (χ0n) is 19.4. The third-order valence-corrected chi connectivity index (χ3v) is 6.44.